The molecule has 0 aliphatic heterocycles. The van der Waals surface area contributed by atoms with E-state index in [2.05, 4.69) is 23.8 Å². The Bertz CT molecular complexity index is 449. The molecule has 0 aromatic carbocycles. The molecule has 0 saturated carbocycles. The molecule has 0 spiro atoms. The van der Waals surface area contributed by atoms with Gasteiger partial charge in [-0.25, -0.2) is 0 Å². The van der Waals surface area contributed by atoms with Gasteiger partial charge in [0.25, 0.3) is 0 Å². The molecule has 0 unspecified atom stereocenters. The lowest BCUT2D eigenvalue weighted by Crippen LogP contribution is -1.96. The molecule has 0 radical (unpaired) electrons. The number of rotatable bonds is 2. The number of hydrogen-bond acceptors (Lipinski definition) is 2. The van der Waals surface area contributed by atoms with E-state index in [0.29, 0.717) is 0 Å². The third-order valence-corrected chi connectivity index (χ3v) is 2.55. The predicted octanol–water partition coefficient (Wildman–Crippen LogP) is 3.01. The minimum Gasteiger partial charge on any atom is -0.255 e. The Hall–Kier alpha value is -1.70. The van der Waals surface area contributed by atoms with Gasteiger partial charge in [0.15, 0.2) is 0 Å². The van der Waals surface area contributed by atoms with E-state index < -0.39 is 0 Å². The molecule has 2 aromatic rings. The fraction of sp³-hybridized carbons (Fsp3) is 0.231. The van der Waals surface area contributed by atoms with Gasteiger partial charge in [0.05, 0.1) is 11.4 Å². The van der Waals surface area contributed by atoms with Crippen molar-refractivity contribution in [2.24, 2.45) is 0 Å². The highest BCUT2D eigenvalue weighted by molar-refractivity contribution is 5.60. The first-order valence-corrected chi connectivity index (χ1v) is 5.18. The van der Waals surface area contributed by atoms with Crippen molar-refractivity contribution in [3.05, 3.63) is 47.8 Å². The van der Waals surface area contributed by atoms with Crippen LogP contribution in [0.15, 0.2) is 36.7 Å². The van der Waals surface area contributed by atoms with E-state index in [1.54, 1.807) is 6.20 Å². The molecule has 2 rings (SSSR count). The molecule has 76 valence electrons. The van der Waals surface area contributed by atoms with Gasteiger partial charge in [0.1, 0.15) is 0 Å². The van der Waals surface area contributed by atoms with E-state index in [1.807, 2.05) is 30.5 Å². The molecule has 0 aliphatic rings. The molecule has 2 aromatic heterocycles. The van der Waals surface area contributed by atoms with E-state index in [0.717, 1.165) is 17.8 Å². The van der Waals surface area contributed by atoms with Gasteiger partial charge in [-0.15, -0.1) is 0 Å². The van der Waals surface area contributed by atoms with Crippen molar-refractivity contribution in [1.29, 1.82) is 0 Å². The molecule has 0 fully saturated rings. The first-order chi connectivity index (χ1) is 7.33. The van der Waals surface area contributed by atoms with Gasteiger partial charge in [-0.3, -0.25) is 9.97 Å². The lowest BCUT2D eigenvalue weighted by atomic mass is 10.0. The third kappa shape index (κ3) is 1.89. The van der Waals surface area contributed by atoms with Gasteiger partial charge >= 0.3 is 0 Å². The van der Waals surface area contributed by atoms with E-state index >= 15 is 0 Å². The fourth-order valence-electron chi connectivity index (χ4n) is 1.76. The Labute approximate surface area is 90.0 Å². The van der Waals surface area contributed by atoms with Crippen LogP contribution in [-0.4, -0.2) is 9.97 Å². The van der Waals surface area contributed by atoms with Crippen LogP contribution in [0.1, 0.15) is 18.1 Å². The largest absolute Gasteiger partial charge is 0.255 e. The molecule has 0 atom stereocenters. The number of aromatic nitrogens is 2. The van der Waals surface area contributed by atoms with Crippen LogP contribution in [0.4, 0.5) is 0 Å². The average molecular weight is 198 g/mol. The monoisotopic (exact) mass is 198 g/mol. The summed E-state index contributed by atoms with van der Waals surface area (Å²) in [5, 5.41) is 0. The van der Waals surface area contributed by atoms with Crippen molar-refractivity contribution in [3.8, 4) is 11.4 Å². The molecular formula is C13H14N2. The molecule has 0 bridgehead atoms. The third-order valence-electron chi connectivity index (χ3n) is 2.55. The minimum absolute atomic E-state index is 0.957. The Morgan fingerprint density at radius 2 is 1.93 bits per heavy atom. The highest BCUT2D eigenvalue weighted by Crippen LogP contribution is 2.21. The van der Waals surface area contributed by atoms with Crippen molar-refractivity contribution in [2.45, 2.75) is 20.3 Å². The van der Waals surface area contributed by atoms with Crippen molar-refractivity contribution < 1.29 is 0 Å². The first kappa shape index (κ1) is 9.84. The fourth-order valence-corrected chi connectivity index (χ4v) is 1.76. The zero-order chi connectivity index (χ0) is 10.7. The summed E-state index contributed by atoms with van der Waals surface area (Å²) in [6, 6.07) is 7.96. The lowest BCUT2D eigenvalue weighted by Gasteiger charge is -2.08. The number of nitrogens with zero attached hydrogens (tertiary/aromatic N) is 2. The van der Waals surface area contributed by atoms with Crippen molar-refractivity contribution >= 4 is 0 Å². The zero-order valence-electron chi connectivity index (χ0n) is 9.07. The maximum absolute atomic E-state index is 4.42. The van der Waals surface area contributed by atoms with Crippen molar-refractivity contribution in [3.63, 3.8) is 0 Å². The summed E-state index contributed by atoms with van der Waals surface area (Å²) < 4.78 is 0. The summed E-state index contributed by atoms with van der Waals surface area (Å²) in [6.45, 7) is 4.27. The molecule has 0 N–H and O–H groups in total. The second-order valence-corrected chi connectivity index (χ2v) is 3.52. The number of hydrogen-bond donors (Lipinski definition) is 0. The van der Waals surface area contributed by atoms with E-state index in [1.165, 1.54) is 11.1 Å². The smallest absolute Gasteiger partial charge is 0.0920 e. The maximum atomic E-state index is 4.42. The highest BCUT2D eigenvalue weighted by atomic mass is 14.8. The predicted molar refractivity (Wildman–Crippen MR) is 61.6 cm³/mol. The van der Waals surface area contributed by atoms with Crippen LogP contribution in [0.25, 0.3) is 11.4 Å². The topological polar surface area (TPSA) is 25.8 Å². The summed E-state index contributed by atoms with van der Waals surface area (Å²) in [6.07, 6.45) is 4.64. The molecule has 0 saturated heterocycles. The molecule has 0 aliphatic carbocycles. The molecule has 0 amide bonds. The molecule has 2 heteroatoms. The molecule has 2 nitrogen and oxygen atoms in total. The SMILES string of the molecule is CCc1c(C)ccnc1-c1ccccn1. The minimum atomic E-state index is 0.957. The summed E-state index contributed by atoms with van der Waals surface area (Å²) in [7, 11) is 0. The van der Waals surface area contributed by atoms with Gasteiger partial charge in [0, 0.05) is 12.4 Å². The van der Waals surface area contributed by atoms with E-state index in [9.17, 15) is 0 Å². The average Bonchev–Trinajstić information content (AvgIpc) is 2.30. The molecular weight excluding hydrogens is 184 g/mol. The summed E-state index contributed by atoms with van der Waals surface area (Å²) >= 11 is 0. The summed E-state index contributed by atoms with van der Waals surface area (Å²) in [5.74, 6) is 0. The second-order valence-electron chi connectivity index (χ2n) is 3.52. The number of pyridine rings is 2. The summed E-state index contributed by atoms with van der Waals surface area (Å²) in [4.78, 5) is 8.75. The van der Waals surface area contributed by atoms with Crippen molar-refractivity contribution in [1.82, 2.24) is 9.97 Å². The Balaban J connectivity index is 2.58. The molecule has 15 heavy (non-hydrogen) atoms. The summed E-state index contributed by atoms with van der Waals surface area (Å²) in [5.41, 5.74) is 4.54. The van der Waals surface area contributed by atoms with Crippen molar-refractivity contribution in [2.75, 3.05) is 0 Å². The van der Waals surface area contributed by atoms with Crippen LogP contribution in [0.5, 0.6) is 0 Å². The van der Waals surface area contributed by atoms with Gasteiger partial charge in [0.2, 0.25) is 0 Å². The lowest BCUT2D eigenvalue weighted by molar-refractivity contribution is 1.07. The Morgan fingerprint density at radius 1 is 1.07 bits per heavy atom. The van der Waals surface area contributed by atoms with Gasteiger partial charge in [-0.1, -0.05) is 13.0 Å². The zero-order valence-corrected chi connectivity index (χ0v) is 9.07. The standard InChI is InChI=1S/C13H14N2/c1-3-11-10(2)7-9-15-13(11)12-6-4-5-8-14-12/h4-9H,3H2,1-2H3. The van der Waals surface area contributed by atoms with Crippen LogP contribution in [0.2, 0.25) is 0 Å². The van der Waals surface area contributed by atoms with Crippen LogP contribution < -0.4 is 0 Å². The van der Waals surface area contributed by atoms with Gasteiger partial charge in [-0.2, -0.15) is 0 Å². The van der Waals surface area contributed by atoms with Crippen LogP contribution >= 0.6 is 0 Å². The normalized spacial score (nSPS) is 10.3. The van der Waals surface area contributed by atoms with Crippen LogP contribution in [0, 0.1) is 6.92 Å². The van der Waals surface area contributed by atoms with E-state index in [4.69, 9.17) is 0 Å². The highest BCUT2D eigenvalue weighted by Gasteiger charge is 2.07. The molecule has 2 heterocycles. The first-order valence-electron chi connectivity index (χ1n) is 5.18. The Morgan fingerprint density at radius 3 is 2.60 bits per heavy atom. The van der Waals surface area contributed by atoms with Crippen LogP contribution in [-0.2, 0) is 6.42 Å². The number of aryl methyl sites for hydroxylation is 1. The van der Waals surface area contributed by atoms with E-state index in [-0.39, 0.29) is 0 Å². The van der Waals surface area contributed by atoms with Gasteiger partial charge in [-0.05, 0) is 42.7 Å². The van der Waals surface area contributed by atoms with Gasteiger partial charge < -0.3 is 0 Å². The van der Waals surface area contributed by atoms with Crippen LogP contribution in [0.3, 0.4) is 0 Å². The maximum Gasteiger partial charge on any atom is 0.0920 e. The Kier molecular flexibility index (Phi) is 2.77. The quantitative estimate of drug-likeness (QED) is 0.741. The second kappa shape index (κ2) is 4.22.